The Labute approximate surface area is 184 Å². The normalized spacial score (nSPS) is 22.7. The molecule has 0 bridgehead atoms. The standard InChI is InChI=1S/C21H29N5O.HI/c1-3-27-19-14-18(21(19)9-5-10-21)25-20(22-2)23-15-16-7-4-8-17(13-16)26-12-6-11-24-26;/h4,6-8,11-13,18-19H,3,5,9-10,14-15H2,1-2H3,(H2,22,23,25);1H. The Bertz CT molecular complexity index is 788. The molecule has 2 aromatic rings. The second-order valence-electron chi connectivity index (χ2n) is 7.51. The van der Waals surface area contributed by atoms with Gasteiger partial charge < -0.3 is 15.4 Å². The van der Waals surface area contributed by atoms with Gasteiger partial charge in [0.15, 0.2) is 5.96 Å². The first-order valence-electron chi connectivity index (χ1n) is 9.93. The predicted molar refractivity (Wildman–Crippen MR) is 122 cm³/mol. The van der Waals surface area contributed by atoms with E-state index >= 15 is 0 Å². The summed E-state index contributed by atoms with van der Waals surface area (Å²) in [6.45, 7) is 3.62. The maximum Gasteiger partial charge on any atom is 0.191 e. The van der Waals surface area contributed by atoms with Crippen LogP contribution in [0.15, 0.2) is 47.7 Å². The molecule has 0 amide bonds. The molecule has 1 aromatic heterocycles. The van der Waals surface area contributed by atoms with E-state index in [2.05, 4.69) is 51.9 Å². The first-order chi connectivity index (χ1) is 13.2. The van der Waals surface area contributed by atoms with E-state index in [4.69, 9.17) is 4.74 Å². The van der Waals surface area contributed by atoms with Crippen molar-refractivity contribution in [3.8, 4) is 5.69 Å². The molecule has 0 radical (unpaired) electrons. The number of guanidine groups is 1. The largest absolute Gasteiger partial charge is 0.378 e. The SMILES string of the molecule is CCOC1CC(NC(=NC)NCc2cccc(-n3cccn3)c2)C12CCC2.I. The lowest BCUT2D eigenvalue weighted by atomic mass is 9.51. The minimum atomic E-state index is 0. The molecule has 2 aliphatic carbocycles. The summed E-state index contributed by atoms with van der Waals surface area (Å²) in [7, 11) is 1.83. The molecule has 1 spiro atoms. The van der Waals surface area contributed by atoms with Gasteiger partial charge in [0, 0.05) is 44.0 Å². The van der Waals surface area contributed by atoms with Gasteiger partial charge in [0.2, 0.25) is 0 Å². The fraction of sp³-hybridized carbons (Fsp3) is 0.524. The van der Waals surface area contributed by atoms with Gasteiger partial charge in [-0.1, -0.05) is 18.6 Å². The lowest BCUT2D eigenvalue weighted by Crippen LogP contribution is -2.68. The number of aromatic nitrogens is 2. The third-order valence-electron chi connectivity index (χ3n) is 6.11. The van der Waals surface area contributed by atoms with Gasteiger partial charge in [-0.15, -0.1) is 24.0 Å². The molecule has 0 aliphatic heterocycles. The Morgan fingerprint density at radius 1 is 1.36 bits per heavy atom. The zero-order valence-electron chi connectivity index (χ0n) is 16.6. The van der Waals surface area contributed by atoms with E-state index in [1.54, 1.807) is 6.20 Å². The van der Waals surface area contributed by atoms with E-state index in [0.717, 1.165) is 31.2 Å². The molecule has 4 rings (SSSR count). The lowest BCUT2D eigenvalue weighted by Gasteiger charge is -2.61. The maximum atomic E-state index is 5.95. The summed E-state index contributed by atoms with van der Waals surface area (Å²) in [6, 6.07) is 10.8. The highest BCUT2D eigenvalue weighted by atomic mass is 127. The number of aliphatic imine (C=N–C) groups is 1. The topological polar surface area (TPSA) is 63.5 Å². The number of halogens is 1. The molecule has 152 valence electrons. The van der Waals surface area contributed by atoms with E-state index in [1.165, 1.54) is 24.8 Å². The van der Waals surface area contributed by atoms with Crippen LogP contribution in [-0.2, 0) is 11.3 Å². The van der Waals surface area contributed by atoms with Gasteiger partial charge >= 0.3 is 0 Å². The van der Waals surface area contributed by atoms with Crippen molar-refractivity contribution in [1.29, 1.82) is 0 Å². The van der Waals surface area contributed by atoms with Gasteiger partial charge in [-0.2, -0.15) is 5.10 Å². The molecule has 2 N–H and O–H groups in total. The molecule has 1 aromatic carbocycles. The Kier molecular flexibility index (Phi) is 6.98. The Hall–Kier alpha value is -1.61. The second-order valence-corrected chi connectivity index (χ2v) is 7.51. The quantitative estimate of drug-likeness (QED) is 0.366. The van der Waals surface area contributed by atoms with Crippen LogP contribution < -0.4 is 10.6 Å². The number of hydrogen-bond acceptors (Lipinski definition) is 3. The molecule has 6 nitrogen and oxygen atoms in total. The summed E-state index contributed by atoms with van der Waals surface area (Å²) in [5.74, 6) is 0.866. The predicted octanol–water partition coefficient (Wildman–Crippen LogP) is 3.50. The Morgan fingerprint density at radius 2 is 2.21 bits per heavy atom. The fourth-order valence-electron chi connectivity index (χ4n) is 4.42. The maximum absolute atomic E-state index is 5.95. The van der Waals surface area contributed by atoms with Gasteiger partial charge in [0.25, 0.3) is 0 Å². The first-order valence-corrected chi connectivity index (χ1v) is 9.93. The van der Waals surface area contributed by atoms with Crippen LogP contribution in [0.4, 0.5) is 0 Å². The number of benzene rings is 1. The highest BCUT2D eigenvalue weighted by molar-refractivity contribution is 14.0. The molecule has 28 heavy (non-hydrogen) atoms. The molecule has 2 unspecified atom stereocenters. The summed E-state index contributed by atoms with van der Waals surface area (Å²) in [5.41, 5.74) is 2.59. The van der Waals surface area contributed by atoms with Crippen molar-refractivity contribution < 1.29 is 4.74 Å². The van der Waals surface area contributed by atoms with Crippen molar-refractivity contribution in [3.63, 3.8) is 0 Å². The van der Waals surface area contributed by atoms with Crippen LogP contribution in [0, 0.1) is 5.41 Å². The summed E-state index contributed by atoms with van der Waals surface area (Å²) in [6.07, 6.45) is 9.07. The molecule has 2 atom stereocenters. The second kappa shape index (κ2) is 9.26. The Balaban J connectivity index is 0.00000225. The molecule has 2 aliphatic rings. The van der Waals surface area contributed by atoms with E-state index in [0.29, 0.717) is 17.6 Å². The van der Waals surface area contributed by atoms with Crippen molar-refractivity contribution in [1.82, 2.24) is 20.4 Å². The van der Waals surface area contributed by atoms with Crippen LogP contribution in [0.1, 0.15) is 38.2 Å². The zero-order chi connectivity index (χ0) is 18.7. The van der Waals surface area contributed by atoms with Crippen molar-refractivity contribution in [3.05, 3.63) is 48.3 Å². The van der Waals surface area contributed by atoms with Gasteiger partial charge in [-0.25, -0.2) is 4.68 Å². The number of rotatable bonds is 6. The highest BCUT2D eigenvalue weighted by Crippen LogP contribution is 2.57. The van der Waals surface area contributed by atoms with E-state index < -0.39 is 0 Å². The van der Waals surface area contributed by atoms with Gasteiger partial charge in [-0.3, -0.25) is 4.99 Å². The number of hydrogen-bond donors (Lipinski definition) is 2. The van der Waals surface area contributed by atoms with Crippen LogP contribution in [0.3, 0.4) is 0 Å². The molecule has 1 heterocycles. The van der Waals surface area contributed by atoms with E-state index in [1.807, 2.05) is 24.0 Å². The Morgan fingerprint density at radius 3 is 2.86 bits per heavy atom. The number of nitrogens with zero attached hydrogens (tertiary/aromatic N) is 3. The summed E-state index contributed by atoms with van der Waals surface area (Å²) >= 11 is 0. The summed E-state index contributed by atoms with van der Waals surface area (Å²) < 4.78 is 7.82. The lowest BCUT2D eigenvalue weighted by molar-refractivity contribution is -0.168. The van der Waals surface area contributed by atoms with Crippen LogP contribution in [0.2, 0.25) is 0 Å². The minimum absolute atomic E-state index is 0. The van der Waals surface area contributed by atoms with Gasteiger partial charge in [-0.05, 0) is 49.9 Å². The van der Waals surface area contributed by atoms with Crippen molar-refractivity contribution in [2.45, 2.75) is 51.3 Å². The monoisotopic (exact) mass is 495 g/mol. The summed E-state index contributed by atoms with van der Waals surface area (Å²) in [5, 5.41) is 11.4. The fourth-order valence-corrected chi connectivity index (χ4v) is 4.42. The average Bonchev–Trinajstić information content (AvgIpc) is 3.17. The summed E-state index contributed by atoms with van der Waals surface area (Å²) in [4.78, 5) is 4.43. The number of nitrogens with one attached hydrogen (secondary N) is 2. The molecule has 0 saturated heterocycles. The smallest absolute Gasteiger partial charge is 0.191 e. The minimum Gasteiger partial charge on any atom is -0.378 e. The van der Waals surface area contributed by atoms with E-state index in [-0.39, 0.29) is 24.0 Å². The van der Waals surface area contributed by atoms with Crippen LogP contribution in [-0.4, -0.2) is 41.5 Å². The van der Waals surface area contributed by atoms with Crippen LogP contribution in [0.5, 0.6) is 0 Å². The van der Waals surface area contributed by atoms with E-state index in [9.17, 15) is 0 Å². The third-order valence-corrected chi connectivity index (χ3v) is 6.11. The van der Waals surface area contributed by atoms with Gasteiger partial charge in [0.1, 0.15) is 0 Å². The first kappa shape index (κ1) is 21.1. The van der Waals surface area contributed by atoms with Crippen LogP contribution in [0.25, 0.3) is 5.69 Å². The molecule has 2 fully saturated rings. The molecular weight excluding hydrogens is 465 g/mol. The van der Waals surface area contributed by atoms with Crippen molar-refractivity contribution in [2.75, 3.05) is 13.7 Å². The van der Waals surface area contributed by atoms with Crippen LogP contribution >= 0.6 is 24.0 Å². The highest BCUT2D eigenvalue weighted by Gasteiger charge is 2.59. The molecule has 2 saturated carbocycles. The molecular formula is C21H30IN5O. The molecule has 7 heteroatoms. The number of ether oxygens (including phenoxy) is 1. The average molecular weight is 495 g/mol. The zero-order valence-corrected chi connectivity index (χ0v) is 18.9. The third kappa shape index (κ3) is 4.05. The van der Waals surface area contributed by atoms with Crippen molar-refractivity contribution >= 4 is 29.9 Å². The van der Waals surface area contributed by atoms with Gasteiger partial charge in [0.05, 0.1) is 11.8 Å². The van der Waals surface area contributed by atoms with Crippen molar-refractivity contribution in [2.24, 2.45) is 10.4 Å².